The molecule has 0 aromatic heterocycles. The third-order valence-electron chi connectivity index (χ3n) is 2.20. The molecule has 1 aliphatic rings. The van der Waals surface area contributed by atoms with E-state index in [1.165, 1.54) is 0 Å². The SMILES string of the molecule is CC(C)(CO)CNC1=CC(=O)CC1. The number of aliphatic hydroxyl groups excluding tert-OH is 1. The van der Waals surface area contributed by atoms with Crippen molar-refractivity contribution in [2.75, 3.05) is 13.2 Å². The molecule has 2 N–H and O–H groups in total. The van der Waals surface area contributed by atoms with Gasteiger partial charge in [0, 0.05) is 36.8 Å². The predicted molar refractivity (Wildman–Crippen MR) is 51.2 cm³/mol. The van der Waals surface area contributed by atoms with Gasteiger partial charge in [-0.1, -0.05) is 13.8 Å². The van der Waals surface area contributed by atoms with Crippen LogP contribution in [0.4, 0.5) is 0 Å². The number of hydrogen-bond acceptors (Lipinski definition) is 3. The molecule has 0 spiro atoms. The lowest BCUT2D eigenvalue weighted by Crippen LogP contribution is -2.31. The van der Waals surface area contributed by atoms with Gasteiger partial charge in [-0.25, -0.2) is 0 Å². The van der Waals surface area contributed by atoms with Crippen LogP contribution in [0.25, 0.3) is 0 Å². The lowest BCUT2D eigenvalue weighted by Gasteiger charge is -2.22. The largest absolute Gasteiger partial charge is 0.396 e. The molecule has 1 rings (SSSR count). The summed E-state index contributed by atoms with van der Waals surface area (Å²) < 4.78 is 0. The Morgan fingerprint density at radius 3 is 2.69 bits per heavy atom. The maximum Gasteiger partial charge on any atom is 0.157 e. The van der Waals surface area contributed by atoms with Crippen LogP contribution in [0, 0.1) is 5.41 Å². The number of nitrogens with one attached hydrogen (secondary N) is 1. The van der Waals surface area contributed by atoms with Gasteiger partial charge in [0.05, 0.1) is 0 Å². The monoisotopic (exact) mass is 183 g/mol. The van der Waals surface area contributed by atoms with E-state index >= 15 is 0 Å². The summed E-state index contributed by atoms with van der Waals surface area (Å²) in [4.78, 5) is 10.9. The molecule has 0 heterocycles. The molecule has 74 valence electrons. The summed E-state index contributed by atoms with van der Waals surface area (Å²) in [5, 5.41) is 12.2. The van der Waals surface area contributed by atoms with E-state index in [0.717, 1.165) is 12.1 Å². The van der Waals surface area contributed by atoms with Gasteiger partial charge in [-0.15, -0.1) is 0 Å². The van der Waals surface area contributed by atoms with Crippen LogP contribution in [0.2, 0.25) is 0 Å². The number of ketones is 1. The normalized spacial score (nSPS) is 17.5. The van der Waals surface area contributed by atoms with Crippen LogP contribution in [-0.2, 0) is 4.79 Å². The quantitative estimate of drug-likeness (QED) is 0.679. The van der Waals surface area contributed by atoms with E-state index in [0.29, 0.717) is 13.0 Å². The second-order valence-electron chi connectivity index (χ2n) is 4.31. The van der Waals surface area contributed by atoms with E-state index in [1.807, 2.05) is 13.8 Å². The fourth-order valence-electron chi connectivity index (χ4n) is 1.14. The minimum absolute atomic E-state index is 0.119. The summed E-state index contributed by atoms with van der Waals surface area (Å²) in [6.45, 7) is 4.83. The molecule has 0 radical (unpaired) electrons. The second kappa shape index (κ2) is 3.92. The number of hydrogen-bond donors (Lipinski definition) is 2. The second-order valence-corrected chi connectivity index (χ2v) is 4.31. The molecule has 0 aromatic carbocycles. The average Bonchev–Trinajstić information content (AvgIpc) is 2.48. The van der Waals surface area contributed by atoms with Gasteiger partial charge in [0.2, 0.25) is 0 Å². The first-order valence-corrected chi connectivity index (χ1v) is 4.62. The van der Waals surface area contributed by atoms with E-state index in [4.69, 9.17) is 5.11 Å². The smallest absolute Gasteiger partial charge is 0.157 e. The van der Waals surface area contributed by atoms with Gasteiger partial charge in [-0.3, -0.25) is 4.79 Å². The summed E-state index contributed by atoms with van der Waals surface area (Å²) >= 11 is 0. The van der Waals surface area contributed by atoms with Gasteiger partial charge in [-0.05, 0) is 6.42 Å². The van der Waals surface area contributed by atoms with Crippen LogP contribution in [-0.4, -0.2) is 24.0 Å². The highest BCUT2D eigenvalue weighted by Crippen LogP contribution is 2.16. The molecule has 0 aliphatic heterocycles. The fraction of sp³-hybridized carbons (Fsp3) is 0.700. The highest BCUT2D eigenvalue weighted by molar-refractivity contribution is 5.92. The van der Waals surface area contributed by atoms with Crippen LogP contribution in [0.15, 0.2) is 11.8 Å². The third-order valence-corrected chi connectivity index (χ3v) is 2.20. The number of aliphatic hydroxyl groups is 1. The number of allylic oxidation sites excluding steroid dienone is 2. The number of carbonyl (C=O) groups excluding carboxylic acids is 1. The summed E-state index contributed by atoms with van der Waals surface area (Å²) in [6.07, 6.45) is 3.11. The van der Waals surface area contributed by atoms with Crippen molar-refractivity contribution in [3.63, 3.8) is 0 Å². The van der Waals surface area contributed by atoms with Crippen LogP contribution < -0.4 is 5.32 Å². The van der Waals surface area contributed by atoms with Crippen molar-refractivity contribution in [1.29, 1.82) is 0 Å². The van der Waals surface area contributed by atoms with Crippen molar-refractivity contribution < 1.29 is 9.90 Å². The molecule has 3 nitrogen and oxygen atoms in total. The molecule has 0 unspecified atom stereocenters. The van der Waals surface area contributed by atoms with Gasteiger partial charge < -0.3 is 10.4 Å². The highest BCUT2D eigenvalue weighted by Gasteiger charge is 2.18. The van der Waals surface area contributed by atoms with Gasteiger partial charge in [0.25, 0.3) is 0 Å². The van der Waals surface area contributed by atoms with Gasteiger partial charge >= 0.3 is 0 Å². The Hall–Kier alpha value is -0.830. The standard InChI is InChI=1S/C10H17NO2/c1-10(2,7-12)6-11-8-3-4-9(13)5-8/h5,11-12H,3-4,6-7H2,1-2H3. The van der Waals surface area contributed by atoms with Gasteiger partial charge in [0.1, 0.15) is 0 Å². The third kappa shape index (κ3) is 3.19. The molecule has 0 saturated heterocycles. The van der Waals surface area contributed by atoms with Crippen LogP contribution in [0.1, 0.15) is 26.7 Å². The topological polar surface area (TPSA) is 49.3 Å². The predicted octanol–water partition coefficient (Wildman–Crippen LogP) is 0.841. The maximum atomic E-state index is 10.9. The zero-order valence-electron chi connectivity index (χ0n) is 8.26. The molecule has 13 heavy (non-hydrogen) atoms. The summed E-state index contributed by atoms with van der Waals surface area (Å²) in [5.74, 6) is 0.198. The van der Waals surface area contributed by atoms with Crippen molar-refractivity contribution in [3.05, 3.63) is 11.8 Å². The molecule has 0 atom stereocenters. The van der Waals surface area contributed by atoms with Crippen LogP contribution in [0.3, 0.4) is 0 Å². The van der Waals surface area contributed by atoms with Crippen LogP contribution >= 0.6 is 0 Å². The molecular formula is C10H17NO2. The average molecular weight is 183 g/mol. The van der Waals surface area contributed by atoms with E-state index in [1.54, 1.807) is 6.08 Å². The Labute approximate surface area is 78.8 Å². The molecule has 3 heteroatoms. The molecule has 0 bridgehead atoms. The van der Waals surface area contributed by atoms with Crippen LogP contribution in [0.5, 0.6) is 0 Å². The lowest BCUT2D eigenvalue weighted by atomic mass is 9.95. The minimum Gasteiger partial charge on any atom is -0.396 e. The first-order chi connectivity index (χ1) is 6.03. The first-order valence-electron chi connectivity index (χ1n) is 4.62. The summed E-state index contributed by atoms with van der Waals surface area (Å²) in [7, 11) is 0. The summed E-state index contributed by atoms with van der Waals surface area (Å²) in [5.41, 5.74) is 0.887. The molecular weight excluding hydrogens is 166 g/mol. The zero-order chi connectivity index (χ0) is 9.90. The Balaban J connectivity index is 2.35. The van der Waals surface area contributed by atoms with Crippen molar-refractivity contribution in [2.24, 2.45) is 5.41 Å². The van der Waals surface area contributed by atoms with Crippen molar-refractivity contribution in [2.45, 2.75) is 26.7 Å². The Morgan fingerprint density at radius 1 is 1.54 bits per heavy atom. The van der Waals surface area contributed by atoms with Crippen molar-refractivity contribution >= 4 is 5.78 Å². The van der Waals surface area contributed by atoms with Gasteiger partial charge in [-0.2, -0.15) is 0 Å². The van der Waals surface area contributed by atoms with Gasteiger partial charge in [0.15, 0.2) is 5.78 Å². The molecule has 0 fully saturated rings. The minimum atomic E-state index is -0.119. The Morgan fingerprint density at radius 2 is 2.23 bits per heavy atom. The number of rotatable bonds is 4. The first kappa shape index (κ1) is 10.3. The molecule has 0 amide bonds. The molecule has 1 aliphatic carbocycles. The van der Waals surface area contributed by atoms with E-state index < -0.39 is 0 Å². The summed E-state index contributed by atoms with van der Waals surface area (Å²) in [6, 6.07) is 0. The zero-order valence-corrected chi connectivity index (χ0v) is 8.26. The molecule has 0 saturated carbocycles. The highest BCUT2D eigenvalue weighted by atomic mass is 16.3. The number of carbonyl (C=O) groups is 1. The van der Waals surface area contributed by atoms with E-state index in [9.17, 15) is 4.79 Å². The Kier molecular flexibility index (Phi) is 3.09. The lowest BCUT2D eigenvalue weighted by molar-refractivity contribution is -0.114. The van der Waals surface area contributed by atoms with E-state index in [2.05, 4.69) is 5.32 Å². The Bertz CT molecular complexity index is 231. The molecule has 0 aromatic rings. The van der Waals surface area contributed by atoms with Crippen molar-refractivity contribution in [3.8, 4) is 0 Å². The maximum absolute atomic E-state index is 10.9. The van der Waals surface area contributed by atoms with Crippen molar-refractivity contribution in [1.82, 2.24) is 5.32 Å². The van der Waals surface area contributed by atoms with E-state index in [-0.39, 0.29) is 17.8 Å². The fourth-order valence-corrected chi connectivity index (χ4v) is 1.14.